The second-order valence-electron chi connectivity index (χ2n) is 3.43. The molecule has 1 saturated heterocycles. The molecule has 0 aromatic rings. The van der Waals surface area contributed by atoms with Gasteiger partial charge in [0, 0.05) is 0 Å². The number of ether oxygens (including phenoxy) is 1. The summed E-state index contributed by atoms with van der Waals surface area (Å²) in [4.78, 5) is 22.1. The topological polar surface area (TPSA) is 43.4 Å². The van der Waals surface area contributed by atoms with E-state index in [1.165, 1.54) is 0 Å². The van der Waals surface area contributed by atoms with E-state index in [1.807, 2.05) is 12.2 Å². The second kappa shape index (κ2) is 2.44. The Morgan fingerprint density at radius 2 is 2.17 bits per heavy atom. The van der Waals surface area contributed by atoms with Crippen LogP contribution < -0.4 is 0 Å². The maximum Gasteiger partial charge on any atom is 0.320 e. The van der Waals surface area contributed by atoms with Crippen molar-refractivity contribution in [2.75, 3.05) is 0 Å². The monoisotopic (exact) mass is 166 g/mol. The van der Waals surface area contributed by atoms with Crippen molar-refractivity contribution in [3.8, 4) is 0 Å². The molecule has 1 heterocycles. The van der Waals surface area contributed by atoms with Gasteiger partial charge in [-0.3, -0.25) is 9.59 Å². The lowest BCUT2D eigenvalue weighted by molar-refractivity contribution is -0.155. The number of cyclic esters (lactones) is 2. The van der Waals surface area contributed by atoms with E-state index in [1.54, 1.807) is 0 Å². The van der Waals surface area contributed by atoms with E-state index in [2.05, 4.69) is 4.74 Å². The first-order valence-corrected chi connectivity index (χ1v) is 4.13. The molecule has 0 N–H and O–H groups in total. The van der Waals surface area contributed by atoms with Crippen molar-refractivity contribution in [2.45, 2.75) is 25.7 Å². The van der Waals surface area contributed by atoms with E-state index >= 15 is 0 Å². The average Bonchev–Trinajstić information content (AvgIpc) is 2.29. The summed E-state index contributed by atoms with van der Waals surface area (Å²) in [6.45, 7) is 0. The standard InChI is InChI=1S/C9H10O3/c10-7-6-9(8(11)12-7)4-2-1-3-5-9/h1-2H,3-6H2/t9-/m0/s1. The van der Waals surface area contributed by atoms with E-state index in [9.17, 15) is 9.59 Å². The largest absolute Gasteiger partial charge is 0.393 e. The molecule has 1 aliphatic carbocycles. The summed E-state index contributed by atoms with van der Waals surface area (Å²) < 4.78 is 4.54. The third-order valence-corrected chi connectivity index (χ3v) is 2.59. The van der Waals surface area contributed by atoms with Gasteiger partial charge in [-0.05, 0) is 19.3 Å². The smallest absolute Gasteiger partial charge is 0.320 e. The zero-order chi connectivity index (χ0) is 8.60. The van der Waals surface area contributed by atoms with Gasteiger partial charge in [0.25, 0.3) is 0 Å². The summed E-state index contributed by atoms with van der Waals surface area (Å²) >= 11 is 0. The Labute approximate surface area is 70.4 Å². The summed E-state index contributed by atoms with van der Waals surface area (Å²) in [6, 6.07) is 0. The van der Waals surface area contributed by atoms with Crippen molar-refractivity contribution in [1.82, 2.24) is 0 Å². The van der Waals surface area contributed by atoms with Crippen molar-refractivity contribution >= 4 is 11.9 Å². The quantitative estimate of drug-likeness (QED) is 0.308. The Bertz CT molecular complexity index is 267. The van der Waals surface area contributed by atoms with Gasteiger partial charge < -0.3 is 4.74 Å². The molecule has 1 aliphatic heterocycles. The predicted octanol–water partition coefficient (Wildman–Crippen LogP) is 1.19. The summed E-state index contributed by atoms with van der Waals surface area (Å²) in [5.74, 6) is -0.688. The number of carbonyl (C=O) groups is 2. The third-order valence-electron chi connectivity index (χ3n) is 2.59. The molecule has 1 atom stereocenters. The fourth-order valence-electron chi connectivity index (χ4n) is 1.83. The van der Waals surface area contributed by atoms with Gasteiger partial charge in [-0.25, -0.2) is 0 Å². The van der Waals surface area contributed by atoms with E-state index < -0.39 is 5.41 Å². The molecular formula is C9H10O3. The molecule has 0 bridgehead atoms. The highest BCUT2D eigenvalue weighted by atomic mass is 16.6. The fourth-order valence-corrected chi connectivity index (χ4v) is 1.83. The lowest BCUT2D eigenvalue weighted by atomic mass is 9.76. The number of carbonyl (C=O) groups excluding carboxylic acids is 2. The van der Waals surface area contributed by atoms with Crippen LogP contribution in [0.1, 0.15) is 25.7 Å². The van der Waals surface area contributed by atoms with Gasteiger partial charge in [-0.15, -0.1) is 0 Å². The molecule has 0 amide bonds. The molecule has 1 spiro atoms. The summed E-state index contributed by atoms with van der Waals surface area (Å²) in [6.07, 6.45) is 6.58. The zero-order valence-electron chi connectivity index (χ0n) is 6.71. The van der Waals surface area contributed by atoms with Crippen molar-refractivity contribution in [3.63, 3.8) is 0 Å². The van der Waals surface area contributed by atoms with Crippen LogP contribution in [0.4, 0.5) is 0 Å². The third kappa shape index (κ3) is 0.967. The van der Waals surface area contributed by atoms with Crippen LogP contribution >= 0.6 is 0 Å². The van der Waals surface area contributed by atoms with Gasteiger partial charge in [0.2, 0.25) is 0 Å². The lowest BCUT2D eigenvalue weighted by Crippen LogP contribution is -2.27. The van der Waals surface area contributed by atoms with Crippen LogP contribution in [0.5, 0.6) is 0 Å². The number of hydrogen-bond acceptors (Lipinski definition) is 3. The molecule has 0 saturated carbocycles. The first kappa shape index (κ1) is 7.53. The van der Waals surface area contributed by atoms with Gasteiger partial charge in [-0.2, -0.15) is 0 Å². The van der Waals surface area contributed by atoms with Crippen LogP contribution in [0.15, 0.2) is 12.2 Å². The predicted molar refractivity (Wildman–Crippen MR) is 41.1 cm³/mol. The van der Waals surface area contributed by atoms with Crippen molar-refractivity contribution in [2.24, 2.45) is 5.41 Å². The minimum Gasteiger partial charge on any atom is -0.393 e. The molecule has 2 aliphatic rings. The van der Waals surface area contributed by atoms with Crippen LogP contribution in [0.25, 0.3) is 0 Å². The molecule has 3 heteroatoms. The molecule has 0 unspecified atom stereocenters. The Kier molecular flexibility index (Phi) is 1.53. The first-order chi connectivity index (χ1) is 5.73. The number of rotatable bonds is 0. The Morgan fingerprint density at radius 3 is 2.67 bits per heavy atom. The average molecular weight is 166 g/mol. The van der Waals surface area contributed by atoms with Crippen LogP contribution in [0, 0.1) is 5.41 Å². The molecular weight excluding hydrogens is 156 g/mol. The highest BCUT2D eigenvalue weighted by molar-refractivity contribution is 5.97. The number of allylic oxidation sites excluding steroid dienone is 2. The molecule has 2 rings (SSSR count). The molecule has 0 aromatic heterocycles. The maximum absolute atomic E-state index is 11.3. The van der Waals surface area contributed by atoms with Gasteiger partial charge in [-0.1, -0.05) is 12.2 Å². The normalized spacial score (nSPS) is 34.3. The zero-order valence-corrected chi connectivity index (χ0v) is 6.71. The first-order valence-electron chi connectivity index (χ1n) is 4.13. The van der Waals surface area contributed by atoms with Crippen molar-refractivity contribution in [1.29, 1.82) is 0 Å². The fraction of sp³-hybridized carbons (Fsp3) is 0.556. The van der Waals surface area contributed by atoms with E-state index in [4.69, 9.17) is 0 Å². The van der Waals surface area contributed by atoms with Crippen LogP contribution in [-0.4, -0.2) is 11.9 Å². The minimum atomic E-state index is -0.494. The van der Waals surface area contributed by atoms with E-state index in [-0.39, 0.29) is 18.4 Å². The highest BCUT2D eigenvalue weighted by Gasteiger charge is 2.48. The van der Waals surface area contributed by atoms with E-state index in [0.717, 1.165) is 12.8 Å². The van der Waals surface area contributed by atoms with Gasteiger partial charge >= 0.3 is 11.9 Å². The van der Waals surface area contributed by atoms with Crippen LogP contribution in [0.2, 0.25) is 0 Å². The summed E-state index contributed by atoms with van der Waals surface area (Å²) in [5.41, 5.74) is -0.494. The maximum atomic E-state index is 11.3. The molecule has 3 nitrogen and oxygen atoms in total. The van der Waals surface area contributed by atoms with Crippen molar-refractivity contribution < 1.29 is 14.3 Å². The molecule has 0 radical (unpaired) electrons. The Morgan fingerprint density at radius 1 is 1.33 bits per heavy atom. The molecule has 64 valence electrons. The molecule has 1 fully saturated rings. The van der Waals surface area contributed by atoms with Crippen molar-refractivity contribution in [3.05, 3.63) is 12.2 Å². The van der Waals surface area contributed by atoms with Crippen LogP contribution in [-0.2, 0) is 14.3 Å². The van der Waals surface area contributed by atoms with Crippen LogP contribution in [0.3, 0.4) is 0 Å². The number of esters is 2. The lowest BCUT2D eigenvalue weighted by Gasteiger charge is -2.23. The van der Waals surface area contributed by atoms with Gasteiger partial charge in [0.05, 0.1) is 11.8 Å². The highest BCUT2D eigenvalue weighted by Crippen LogP contribution is 2.41. The molecule has 12 heavy (non-hydrogen) atoms. The summed E-state index contributed by atoms with van der Waals surface area (Å²) in [7, 11) is 0. The molecule has 0 aromatic carbocycles. The second-order valence-corrected chi connectivity index (χ2v) is 3.43. The SMILES string of the molecule is O=C1C[C@@]2(CC=CCC2)C(=O)O1. The van der Waals surface area contributed by atoms with Gasteiger partial charge in [0.15, 0.2) is 0 Å². The minimum absolute atomic E-state index is 0.274. The Hall–Kier alpha value is -1.12. The number of hydrogen-bond donors (Lipinski definition) is 0. The van der Waals surface area contributed by atoms with Gasteiger partial charge in [0.1, 0.15) is 0 Å². The Balaban J connectivity index is 2.25. The summed E-state index contributed by atoms with van der Waals surface area (Å²) in [5, 5.41) is 0. The van der Waals surface area contributed by atoms with E-state index in [0.29, 0.717) is 6.42 Å².